The van der Waals surface area contributed by atoms with Crippen molar-refractivity contribution in [1.29, 1.82) is 0 Å². The molecule has 37 heavy (non-hydrogen) atoms. The van der Waals surface area contributed by atoms with Crippen LogP contribution in [0.5, 0.6) is 5.75 Å². The van der Waals surface area contributed by atoms with Crippen molar-refractivity contribution in [2.75, 3.05) is 13.2 Å². The van der Waals surface area contributed by atoms with Gasteiger partial charge in [0.1, 0.15) is 17.7 Å². The normalized spacial score (nSPS) is 18.8. The van der Waals surface area contributed by atoms with E-state index in [-0.39, 0.29) is 18.4 Å². The summed E-state index contributed by atoms with van der Waals surface area (Å²) in [7, 11) is 0. The smallest absolute Gasteiger partial charge is 0.304 e. The van der Waals surface area contributed by atoms with E-state index in [0.717, 1.165) is 66.1 Å². The van der Waals surface area contributed by atoms with Gasteiger partial charge in [0.05, 0.1) is 29.7 Å². The molecule has 1 saturated heterocycles. The SMILES string of the molecule is Cc1c(CCc2ccc3c(c2)OC[C@H]3CC(=O)O)cccc1-n1c([C@H]2CCCO2)nc2cc(Cl)ccc21. The number of hydrogen-bond acceptors (Lipinski definition) is 4. The maximum atomic E-state index is 11.1. The number of ether oxygens (including phenoxy) is 2. The van der Waals surface area contributed by atoms with E-state index in [1.807, 2.05) is 24.3 Å². The number of carboxylic acid groups (broad SMARTS) is 1. The predicted octanol–water partition coefficient (Wildman–Crippen LogP) is 6.57. The van der Waals surface area contributed by atoms with Crippen LogP contribution in [-0.4, -0.2) is 33.8 Å². The van der Waals surface area contributed by atoms with Gasteiger partial charge in [0, 0.05) is 23.1 Å². The van der Waals surface area contributed by atoms with Crippen LogP contribution in [0.1, 0.15) is 59.4 Å². The van der Waals surface area contributed by atoms with Crippen LogP contribution in [0, 0.1) is 6.92 Å². The lowest BCUT2D eigenvalue weighted by Crippen LogP contribution is -2.09. The highest BCUT2D eigenvalue weighted by molar-refractivity contribution is 6.31. The summed E-state index contributed by atoms with van der Waals surface area (Å²) in [5.74, 6) is 0.886. The molecule has 0 saturated carbocycles. The van der Waals surface area contributed by atoms with Gasteiger partial charge in [-0.3, -0.25) is 9.36 Å². The fourth-order valence-electron chi connectivity index (χ4n) is 5.64. The van der Waals surface area contributed by atoms with E-state index < -0.39 is 5.97 Å². The van der Waals surface area contributed by atoms with Crippen LogP contribution in [0.25, 0.3) is 16.7 Å². The third-order valence-electron chi connectivity index (χ3n) is 7.58. The van der Waals surface area contributed by atoms with Crippen LogP contribution < -0.4 is 4.74 Å². The van der Waals surface area contributed by atoms with Gasteiger partial charge >= 0.3 is 5.97 Å². The van der Waals surface area contributed by atoms with Crippen molar-refractivity contribution >= 4 is 28.6 Å². The van der Waals surface area contributed by atoms with Gasteiger partial charge in [-0.2, -0.15) is 0 Å². The largest absolute Gasteiger partial charge is 0.493 e. The van der Waals surface area contributed by atoms with E-state index in [4.69, 9.17) is 31.2 Å². The highest BCUT2D eigenvalue weighted by atomic mass is 35.5. The molecule has 6 rings (SSSR count). The Morgan fingerprint density at radius 3 is 2.86 bits per heavy atom. The topological polar surface area (TPSA) is 73.6 Å². The number of aliphatic carboxylic acids is 1. The third kappa shape index (κ3) is 4.60. The van der Waals surface area contributed by atoms with Crippen LogP contribution in [0.2, 0.25) is 5.02 Å². The molecule has 4 aromatic rings. The number of aryl methyl sites for hydroxylation is 2. The summed E-state index contributed by atoms with van der Waals surface area (Å²) in [5, 5.41) is 9.83. The molecule has 2 aliphatic rings. The molecule has 0 radical (unpaired) electrons. The van der Waals surface area contributed by atoms with Gasteiger partial charge in [0.25, 0.3) is 0 Å². The summed E-state index contributed by atoms with van der Waals surface area (Å²) in [6.45, 7) is 3.37. The Balaban J connectivity index is 1.30. The number of nitrogens with zero attached hydrogens (tertiary/aromatic N) is 2. The van der Waals surface area contributed by atoms with Crippen molar-refractivity contribution < 1.29 is 19.4 Å². The molecule has 0 bridgehead atoms. The minimum absolute atomic E-state index is 0.0226. The lowest BCUT2D eigenvalue weighted by Gasteiger charge is -2.18. The average Bonchev–Trinajstić information content (AvgIpc) is 3.62. The zero-order valence-electron chi connectivity index (χ0n) is 20.7. The minimum atomic E-state index is -0.794. The van der Waals surface area contributed by atoms with Crippen molar-refractivity contribution in [2.45, 2.75) is 51.0 Å². The fourth-order valence-corrected chi connectivity index (χ4v) is 5.81. The first-order valence-corrected chi connectivity index (χ1v) is 13.2. The summed E-state index contributed by atoms with van der Waals surface area (Å²) in [4.78, 5) is 16.1. The molecule has 6 nitrogen and oxygen atoms in total. The van der Waals surface area contributed by atoms with Crippen LogP contribution in [-0.2, 0) is 22.4 Å². The minimum Gasteiger partial charge on any atom is -0.493 e. The zero-order valence-corrected chi connectivity index (χ0v) is 21.5. The number of halogens is 1. The average molecular weight is 517 g/mol. The second-order valence-corrected chi connectivity index (χ2v) is 10.4. The first kappa shape index (κ1) is 24.0. The van der Waals surface area contributed by atoms with E-state index >= 15 is 0 Å². The first-order valence-electron chi connectivity index (χ1n) is 12.8. The van der Waals surface area contributed by atoms with Crippen molar-refractivity contribution in [2.24, 2.45) is 0 Å². The Bertz CT molecular complexity index is 1490. The second kappa shape index (κ2) is 9.84. The number of rotatable bonds is 7. The van der Waals surface area contributed by atoms with Gasteiger partial charge in [0.2, 0.25) is 0 Å². The van der Waals surface area contributed by atoms with Gasteiger partial charge in [-0.05, 0) is 79.6 Å². The molecular weight excluding hydrogens is 488 g/mol. The Hall–Kier alpha value is -3.35. The summed E-state index contributed by atoms with van der Waals surface area (Å²) < 4.78 is 14.1. The lowest BCUT2D eigenvalue weighted by atomic mass is 9.94. The Labute approximate surface area is 220 Å². The van der Waals surface area contributed by atoms with E-state index in [0.29, 0.717) is 11.6 Å². The number of aromatic nitrogens is 2. The highest BCUT2D eigenvalue weighted by Gasteiger charge is 2.27. The Kier molecular flexibility index (Phi) is 6.39. The number of benzene rings is 3. The Morgan fingerprint density at radius 1 is 1.16 bits per heavy atom. The van der Waals surface area contributed by atoms with Crippen LogP contribution in [0.3, 0.4) is 0 Å². The summed E-state index contributed by atoms with van der Waals surface area (Å²) >= 11 is 6.29. The van der Waals surface area contributed by atoms with E-state index in [9.17, 15) is 4.79 Å². The summed E-state index contributed by atoms with van der Waals surface area (Å²) in [6, 6.07) is 18.5. The molecular formula is C30H29ClN2O4. The Morgan fingerprint density at radius 2 is 2.05 bits per heavy atom. The molecule has 0 spiro atoms. The van der Waals surface area contributed by atoms with E-state index in [1.165, 1.54) is 16.7 Å². The molecule has 190 valence electrons. The summed E-state index contributed by atoms with van der Waals surface area (Å²) in [6.07, 6.45) is 3.82. The quantitative estimate of drug-likeness (QED) is 0.300. The standard InChI is InChI=1S/C30H29ClN2O4/c1-18-20(9-7-19-8-11-23-21(15-29(34)35)17-37-28(23)14-19)4-2-5-25(18)33-26-12-10-22(31)16-24(26)32-30(33)27-6-3-13-36-27/h2,4-5,8,10-12,14,16,21,27H,3,6-7,9,13,15,17H2,1H3,(H,34,35)/t21-,27-/m1/s1. The number of imidazole rings is 1. The molecule has 0 aliphatic carbocycles. The molecule has 3 aromatic carbocycles. The maximum Gasteiger partial charge on any atom is 0.304 e. The van der Waals surface area contributed by atoms with Gasteiger partial charge in [-0.15, -0.1) is 0 Å². The van der Waals surface area contributed by atoms with Crippen molar-refractivity contribution in [3.8, 4) is 11.4 Å². The highest BCUT2D eigenvalue weighted by Crippen LogP contribution is 2.37. The van der Waals surface area contributed by atoms with Crippen LogP contribution >= 0.6 is 11.6 Å². The molecule has 0 amide bonds. The monoisotopic (exact) mass is 516 g/mol. The second-order valence-electron chi connectivity index (χ2n) is 9.98. The molecule has 1 N–H and O–H groups in total. The molecule has 2 atom stereocenters. The van der Waals surface area contributed by atoms with Crippen molar-refractivity contribution in [3.63, 3.8) is 0 Å². The molecule has 1 fully saturated rings. The fraction of sp³-hybridized carbons (Fsp3) is 0.333. The number of carboxylic acids is 1. The number of hydrogen-bond donors (Lipinski definition) is 1. The van der Waals surface area contributed by atoms with Gasteiger partial charge in [-0.1, -0.05) is 35.9 Å². The lowest BCUT2D eigenvalue weighted by molar-refractivity contribution is -0.137. The van der Waals surface area contributed by atoms with Crippen molar-refractivity contribution in [1.82, 2.24) is 9.55 Å². The molecule has 1 aromatic heterocycles. The zero-order chi connectivity index (χ0) is 25.5. The van der Waals surface area contributed by atoms with E-state index in [2.05, 4.69) is 41.8 Å². The van der Waals surface area contributed by atoms with Gasteiger partial charge in [-0.25, -0.2) is 4.98 Å². The van der Waals surface area contributed by atoms with Crippen molar-refractivity contribution in [3.05, 3.63) is 87.7 Å². The van der Waals surface area contributed by atoms with Gasteiger partial charge in [0.15, 0.2) is 0 Å². The molecule has 2 aliphatic heterocycles. The maximum absolute atomic E-state index is 11.1. The first-order chi connectivity index (χ1) is 18.0. The van der Waals surface area contributed by atoms with Gasteiger partial charge < -0.3 is 14.6 Å². The summed E-state index contributed by atoms with van der Waals surface area (Å²) in [5.41, 5.74) is 7.69. The molecule has 3 heterocycles. The molecule has 0 unspecified atom stereocenters. The van der Waals surface area contributed by atoms with Crippen LogP contribution in [0.15, 0.2) is 54.6 Å². The van der Waals surface area contributed by atoms with Crippen LogP contribution in [0.4, 0.5) is 0 Å². The number of carbonyl (C=O) groups is 1. The third-order valence-corrected chi connectivity index (χ3v) is 7.82. The predicted molar refractivity (Wildman–Crippen MR) is 143 cm³/mol. The van der Waals surface area contributed by atoms with E-state index in [1.54, 1.807) is 0 Å². The number of fused-ring (bicyclic) bond motifs is 2. The molecule has 7 heteroatoms.